The van der Waals surface area contributed by atoms with Gasteiger partial charge in [-0.1, -0.05) is 0 Å². The molecule has 2 aliphatic rings. The molecule has 0 bridgehead atoms. The van der Waals surface area contributed by atoms with Crippen LogP contribution < -0.4 is 0 Å². The summed E-state index contributed by atoms with van der Waals surface area (Å²) < 4.78 is 0. The van der Waals surface area contributed by atoms with Gasteiger partial charge in [0.1, 0.15) is 0 Å². The zero-order valence-corrected chi connectivity index (χ0v) is 8.22. The second-order valence-corrected chi connectivity index (χ2v) is 3.66. The third-order valence-electron chi connectivity index (χ3n) is 2.59. The lowest BCUT2D eigenvalue weighted by Gasteiger charge is -2.21. The molecule has 1 amide bonds. The Hall–Kier alpha value is -1.16. The van der Waals surface area contributed by atoms with Crippen molar-refractivity contribution in [2.45, 2.75) is 12.8 Å². The van der Waals surface area contributed by atoms with Gasteiger partial charge < -0.3 is 4.90 Å². The summed E-state index contributed by atoms with van der Waals surface area (Å²) in [6.45, 7) is 3.30. The lowest BCUT2D eigenvalue weighted by Crippen LogP contribution is -2.37. The van der Waals surface area contributed by atoms with Crippen molar-refractivity contribution in [2.24, 2.45) is 4.99 Å². The number of rotatable bonds is 2. The molecule has 2 rings (SSSR count). The highest BCUT2D eigenvalue weighted by molar-refractivity contribution is 5.82. The number of likely N-dealkylation sites (tertiary alicyclic amines) is 1. The highest BCUT2D eigenvalue weighted by Crippen LogP contribution is 2.07. The number of carbonyl (C=O) groups is 1. The van der Waals surface area contributed by atoms with E-state index in [9.17, 15) is 4.79 Å². The number of carbonyl (C=O) groups excluding carboxylic acids is 1. The molecule has 1 fully saturated rings. The van der Waals surface area contributed by atoms with Crippen molar-refractivity contribution in [3.05, 3.63) is 12.4 Å². The van der Waals surface area contributed by atoms with E-state index >= 15 is 0 Å². The molecule has 14 heavy (non-hydrogen) atoms. The van der Waals surface area contributed by atoms with E-state index < -0.39 is 0 Å². The summed E-state index contributed by atoms with van der Waals surface area (Å²) in [4.78, 5) is 19.6. The normalized spacial score (nSPS) is 21.9. The molecule has 0 aliphatic carbocycles. The Morgan fingerprint density at radius 1 is 1.36 bits per heavy atom. The Morgan fingerprint density at radius 3 is 2.79 bits per heavy atom. The van der Waals surface area contributed by atoms with Crippen LogP contribution in [0.3, 0.4) is 0 Å². The molecule has 4 heteroatoms. The Balaban J connectivity index is 1.82. The van der Waals surface area contributed by atoms with E-state index in [4.69, 9.17) is 0 Å². The number of hydrogen-bond acceptors (Lipinski definition) is 3. The van der Waals surface area contributed by atoms with Gasteiger partial charge in [0.25, 0.3) is 0 Å². The molecule has 1 saturated heterocycles. The highest BCUT2D eigenvalue weighted by atomic mass is 16.2. The molecule has 0 N–H and O–H groups in total. The quantitative estimate of drug-likeness (QED) is 0.639. The van der Waals surface area contributed by atoms with E-state index in [0.29, 0.717) is 13.1 Å². The average Bonchev–Trinajstić information content (AvgIpc) is 2.72. The van der Waals surface area contributed by atoms with Crippen molar-refractivity contribution in [1.29, 1.82) is 0 Å². The molecule has 0 aromatic rings. The molecular formula is C10H15N3O. The van der Waals surface area contributed by atoms with E-state index in [0.717, 1.165) is 13.1 Å². The maximum Gasteiger partial charge on any atom is 0.241 e. The van der Waals surface area contributed by atoms with Crippen LogP contribution in [-0.2, 0) is 4.79 Å². The molecule has 0 atom stereocenters. The van der Waals surface area contributed by atoms with E-state index in [-0.39, 0.29) is 5.91 Å². The van der Waals surface area contributed by atoms with Crippen LogP contribution in [0.5, 0.6) is 0 Å². The summed E-state index contributed by atoms with van der Waals surface area (Å²) in [5.41, 5.74) is 0. The average molecular weight is 193 g/mol. The van der Waals surface area contributed by atoms with Gasteiger partial charge >= 0.3 is 0 Å². The van der Waals surface area contributed by atoms with E-state index in [1.807, 2.05) is 0 Å². The summed E-state index contributed by atoms with van der Waals surface area (Å²) in [7, 11) is 0. The van der Waals surface area contributed by atoms with Crippen molar-refractivity contribution in [2.75, 3.05) is 26.2 Å². The minimum absolute atomic E-state index is 0.175. The zero-order chi connectivity index (χ0) is 9.80. The first-order valence-electron chi connectivity index (χ1n) is 5.06. The van der Waals surface area contributed by atoms with Crippen LogP contribution in [0.25, 0.3) is 0 Å². The lowest BCUT2D eigenvalue weighted by atomic mass is 10.4. The number of hydrogen-bond donors (Lipinski definition) is 0. The Kier molecular flexibility index (Phi) is 2.93. The van der Waals surface area contributed by atoms with Gasteiger partial charge in [0, 0.05) is 18.6 Å². The molecule has 0 aromatic heterocycles. The summed E-state index contributed by atoms with van der Waals surface area (Å²) in [5.74, 6) is 0.175. The monoisotopic (exact) mass is 193 g/mol. The van der Waals surface area contributed by atoms with Crippen molar-refractivity contribution in [3.63, 3.8) is 0 Å². The van der Waals surface area contributed by atoms with Crippen LogP contribution in [0.1, 0.15) is 12.8 Å². The van der Waals surface area contributed by atoms with Crippen LogP contribution >= 0.6 is 0 Å². The Labute approximate surface area is 83.9 Å². The fraction of sp³-hybridized carbons (Fsp3) is 0.600. The minimum atomic E-state index is 0.175. The topological polar surface area (TPSA) is 35.9 Å². The van der Waals surface area contributed by atoms with Gasteiger partial charge in [0.05, 0.1) is 13.1 Å². The number of amides is 1. The van der Waals surface area contributed by atoms with E-state index in [2.05, 4.69) is 9.89 Å². The number of aliphatic imine (C=N–C) groups is 1. The van der Waals surface area contributed by atoms with E-state index in [1.54, 1.807) is 23.5 Å². The Morgan fingerprint density at radius 2 is 2.14 bits per heavy atom. The number of nitrogens with zero attached hydrogens (tertiary/aromatic N) is 3. The summed E-state index contributed by atoms with van der Waals surface area (Å²) >= 11 is 0. The SMILES string of the molecule is O=C(CN1CCCC1)N1C=CN=CC1. The molecule has 0 aromatic carbocycles. The summed E-state index contributed by atoms with van der Waals surface area (Å²) in [5, 5.41) is 0. The van der Waals surface area contributed by atoms with Crippen LogP contribution in [0.2, 0.25) is 0 Å². The fourth-order valence-electron chi connectivity index (χ4n) is 1.78. The van der Waals surface area contributed by atoms with Gasteiger partial charge in [-0.3, -0.25) is 14.7 Å². The first-order chi connectivity index (χ1) is 6.86. The fourth-order valence-corrected chi connectivity index (χ4v) is 1.78. The molecule has 0 saturated carbocycles. The van der Waals surface area contributed by atoms with Gasteiger partial charge in [-0.2, -0.15) is 0 Å². The second kappa shape index (κ2) is 4.37. The van der Waals surface area contributed by atoms with Gasteiger partial charge in [0.2, 0.25) is 5.91 Å². The van der Waals surface area contributed by atoms with Crippen molar-refractivity contribution < 1.29 is 4.79 Å². The second-order valence-electron chi connectivity index (χ2n) is 3.66. The smallest absolute Gasteiger partial charge is 0.241 e. The predicted molar refractivity (Wildman–Crippen MR) is 55.0 cm³/mol. The van der Waals surface area contributed by atoms with Crippen LogP contribution in [0, 0.1) is 0 Å². The van der Waals surface area contributed by atoms with Gasteiger partial charge in [-0.25, -0.2) is 0 Å². The molecule has 2 aliphatic heterocycles. The van der Waals surface area contributed by atoms with Crippen LogP contribution in [0.4, 0.5) is 0 Å². The molecule has 4 nitrogen and oxygen atoms in total. The molecular weight excluding hydrogens is 178 g/mol. The molecule has 76 valence electrons. The minimum Gasteiger partial charge on any atom is -0.311 e. The van der Waals surface area contributed by atoms with E-state index in [1.165, 1.54) is 12.8 Å². The predicted octanol–water partition coefficient (Wildman–Crippen LogP) is 0.466. The lowest BCUT2D eigenvalue weighted by molar-refractivity contribution is -0.129. The van der Waals surface area contributed by atoms with Crippen molar-refractivity contribution in [1.82, 2.24) is 9.80 Å². The van der Waals surface area contributed by atoms with Crippen molar-refractivity contribution in [3.8, 4) is 0 Å². The van der Waals surface area contributed by atoms with Crippen LogP contribution in [-0.4, -0.2) is 48.1 Å². The molecule has 0 spiro atoms. The van der Waals surface area contributed by atoms with Gasteiger partial charge in [-0.05, 0) is 25.9 Å². The van der Waals surface area contributed by atoms with Gasteiger partial charge in [-0.15, -0.1) is 0 Å². The molecule has 0 radical (unpaired) electrons. The third-order valence-corrected chi connectivity index (χ3v) is 2.59. The summed E-state index contributed by atoms with van der Waals surface area (Å²) in [6, 6.07) is 0. The summed E-state index contributed by atoms with van der Waals surface area (Å²) in [6.07, 6.45) is 7.61. The first-order valence-corrected chi connectivity index (χ1v) is 5.06. The molecule has 0 unspecified atom stereocenters. The van der Waals surface area contributed by atoms with Crippen LogP contribution in [0.15, 0.2) is 17.4 Å². The zero-order valence-electron chi connectivity index (χ0n) is 8.22. The maximum absolute atomic E-state index is 11.7. The standard InChI is InChI=1S/C10H15N3O/c14-10(9-12-5-1-2-6-12)13-7-3-11-4-8-13/h3-4,7H,1-2,5-6,8-9H2. The Bertz CT molecular complexity index is 267. The molecule has 2 heterocycles. The highest BCUT2D eigenvalue weighted by Gasteiger charge is 2.18. The largest absolute Gasteiger partial charge is 0.311 e. The first kappa shape index (κ1) is 9.40. The maximum atomic E-state index is 11.7. The van der Waals surface area contributed by atoms with Gasteiger partial charge in [0.15, 0.2) is 0 Å². The van der Waals surface area contributed by atoms with Crippen molar-refractivity contribution >= 4 is 12.1 Å². The third kappa shape index (κ3) is 2.20.